The van der Waals surface area contributed by atoms with Gasteiger partial charge in [-0.25, -0.2) is 0 Å². The molecule has 0 spiro atoms. The molecule has 1 aromatic heterocycles. The predicted octanol–water partition coefficient (Wildman–Crippen LogP) is -2.02. The average molecular weight is 184 g/mol. The van der Waals surface area contributed by atoms with Gasteiger partial charge in [0.05, 0.1) is 0 Å². The summed E-state index contributed by atoms with van der Waals surface area (Å²) in [5.41, 5.74) is 11.6. The molecule has 6 heteroatoms. The van der Waals surface area contributed by atoms with Crippen molar-refractivity contribution < 1.29 is 0 Å². The molecule has 0 aliphatic heterocycles. The first-order valence-electron chi connectivity index (χ1n) is 4.23. The van der Waals surface area contributed by atoms with E-state index in [1.54, 1.807) is 0 Å². The second-order valence-electron chi connectivity index (χ2n) is 2.69. The molecule has 0 aromatic carbocycles. The fraction of sp³-hybridized carbons (Fsp3) is 0.571. The second-order valence-corrected chi connectivity index (χ2v) is 2.69. The van der Waals surface area contributed by atoms with Crippen molar-refractivity contribution in [3.05, 3.63) is 18.0 Å². The van der Waals surface area contributed by atoms with Gasteiger partial charge in [0.2, 0.25) is 5.62 Å². The van der Waals surface area contributed by atoms with E-state index < -0.39 is 0 Å². The average Bonchev–Trinajstić information content (AvgIpc) is 2.49. The van der Waals surface area contributed by atoms with Crippen LogP contribution in [0.2, 0.25) is 0 Å². The summed E-state index contributed by atoms with van der Waals surface area (Å²) in [7, 11) is 0. The van der Waals surface area contributed by atoms with Crippen LogP contribution >= 0.6 is 0 Å². The van der Waals surface area contributed by atoms with Crippen molar-refractivity contribution in [1.82, 2.24) is 9.13 Å². The van der Waals surface area contributed by atoms with Crippen molar-refractivity contribution in [2.45, 2.75) is 13.1 Å². The zero-order valence-corrected chi connectivity index (χ0v) is 7.56. The Bertz CT molecular complexity index is 283. The summed E-state index contributed by atoms with van der Waals surface area (Å²) < 4.78 is 3.80. The largest absolute Gasteiger partial charge is 0.329 e. The molecule has 6 N–H and O–H groups in total. The Hall–Kier alpha value is -1.27. The van der Waals surface area contributed by atoms with Crippen LogP contribution in [0, 0.1) is 0 Å². The number of hydrogen-bond acceptors (Lipinski definition) is 4. The Kier molecular flexibility index (Phi) is 3.53. The highest BCUT2D eigenvalue weighted by atomic mass is 15.3. The lowest BCUT2D eigenvalue weighted by molar-refractivity contribution is 0.595. The third-order valence-corrected chi connectivity index (χ3v) is 1.80. The van der Waals surface area contributed by atoms with Gasteiger partial charge in [-0.15, -0.1) is 5.10 Å². The smallest absolute Gasteiger partial charge is 0.226 e. The molecule has 0 fully saturated rings. The number of nitrogens with zero attached hydrogens (tertiary/aromatic N) is 3. The molecule has 0 atom stereocenters. The van der Waals surface area contributed by atoms with Gasteiger partial charge in [0.1, 0.15) is 0 Å². The number of aromatic nitrogens is 2. The van der Waals surface area contributed by atoms with Crippen LogP contribution in [0.3, 0.4) is 0 Å². The second kappa shape index (κ2) is 4.68. The van der Waals surface area contributed by atoms with Crippen LogP contribution in [0.4, 0.5) is 0 Å². The number of imidazole rings is 1. The van der Waals surface area contributed by atoms with Crippen LogP contribution in [0.15, 0.2) is 17.5 Å². The van der Waals surface area contributed by atoms with Gasteiger partial charge in [-0.05, 0) is 0 Å². The summed E-state index contributed by atoms with van der Waals surface area (Å²) in [5.74, 6) is 5.26. The standard InChI is InChI=1S/C7H16N6/c8-1-3-12-5-6-13(4-2-9)7(12)11-10/h5-6H,1-4,8-10H2. The quantitative estimate of drug-likeness (QED) is 0.372. The fourth-order valence-corrected chi connectivity index (χ4v) is 1.23. The molecule has 0 radical (unpaired) electrons. The summed E-state index contributed by atoms with van der Waals surface area (Å²) >= 11 is 0. The van der Waals surface area contributed by atoms with Gasteiger partial charge >= 0.3 is 0 Å². The van der Waals surface area contributed by atoms with E-state index in [4.69, 9.17) is 17.3 Å². The third kappa shape index (κ3) is 2.10. The molecule has 0 unspecified atom stereocenters. The SMILES string of the molecule is NCCn1ccn(CCN)c1=NN. The van der Waals surface area contributed by atoms with Crippen LogP contribution in [0.5, 0.6) is 0 Å². The maximum absolute atomic E-state index is 5.43. The summed E-state index contributed by atoms with van der Waals surface area (Å²) in [6, 6.07) is 0. The summed E-state index contributed by atoms with van der Waals surface area (Å²) in [6.07, 6.45) is 3.79. The molecule has 0 aliphatic carbocycles. The lowest BCUT2D eigenvalue weighted by Gasteiger charge is -2.01. The normalized spacial score (nSPS) is 10.3. The Balaban J connectivity index is 2.97. The van der Waals surface area contributed by atoms with E-state index in [-0.39, 0.29) is 0 Å². The van der Waals surface area contributed by atoms with E-state index in [0.717, 1.165) is 0 Å². The third-order valence-electron chi connectivity index (χ3n) is 1.80. The van der Waals surface area contributed by atoms with E-state index >= 15 is 0 Å². The molecule has 1 rings (SSSR count). The fourth-order valence-electron chi connectivity index (χ4n) is 1.23. The Labute approximate surface area is 76.6 Å². The summed E-state index contributed by atoms with van der Waals surface area (Å²) in [5, 5.41) is 3.68. The number of hydrogen-bond donors (Lipinski definition) is 3. The van der Waals surface area contributed by atoms with Crippen LogP contribution in [0.25, 0.3) is 0 Å². The van der Waals surface area contributed by atoms with E-state index in [2.05, 4.69) is 5.10 Å². The Morgan fingerprint density at radius 2 is 1.54 bits per heavy atom. The molecule has 13 heavy (non-hydrogen) atoms. The molecule has 1 aromatic rings. The van der Waals surface area contributed by atoms with Crippen LogP contribution in [0.1, 0.15) is 0 Å². The van der Waals surface area contributed by atoms with Gasteiger partial charge in [0, 0.05) is 38.6 Å². The van der Waals surface area contributed by atoms with Crippen molar-refractivity contribution in [3.8, 4) is 0 Å². The first kappa shape index (κ1) is 9.82. The minimum atomic E-state index is 0.569. The highest BCUT2D eigenvalue weighted by molar-refractivity contribution is 4.80. The van der Waals surface area contributed by atoms with Crippen molar-refractivity contribution in [1.29, 1.82) is 0 Å². The first-order valence-corrected chi connectivity index (χ1v) is 4.23. The first-order chi connectivity index (χ1) is 6.33. The van der Waals surface area contributed by atoms with Gasteiger partial charge in [-0.2, -0.15) is 0 Å². The van der Waals surface area contributed by atoms with Crippen molar-refractivity contribution in [2.24, 2.45) is 22.4 Å². The molecule has 0 amide bonds. The van der Waals surface area contributed by atoms with Gasteiger partial charge in [-0.1, -0.05) is 0 Å². The highest BCUT2D eigenvalue weighted by Gasteiger charge is 1.98. The topological polar surface area (TPSA) is 100 Å². The van der Waals surface area contributed by atoms with Crippen LogP contribution < -0.4 is 22.9 Å². The van der Waals surface area contributed by atoms with Crippen molar-refractivity contribution >= 4 is 0 Å². The monoisotopic (exact) mass is 184 g/mol. The highest BCUT2D eigenvalue weighted by Crippen LogP contribution is 1.83. The lowest BCUT2D eigenvalue weighted by Crippen LogP contribution is -2.31. The summed E-state index contributed by atoms with van der Waals surface area (Å²) in [6.45, 7) is 2.57. The van der Waals surface area contributed by atoms with Crippen molar-refractivity contribution in [3.63, 3.8) is 0 Å². The minimum absolute atomic E-state index is 0.569. The molecule has 74 valence electrons. The Morgan fingerprint density at radius 1 is 1.08 bits per heavy atom. The molecular weight excluding hydrogens is 168 g/mol. The molecule has 0 saturated carbocycles. The zero-order chi connectivity index (χ0) is 9.68. The molecule has 0 aliphatic rings. The van der Waals surface area contributed by atoms with Crippen molar-refractivity contribution in [2.75, 3.05) is 13.1 Å². The minimum Gasteiger partial charge on any atom is -0.329 e. The van der Waals surface area contributed by atoms with E-state index in [1.165, 1.54) is 0 Å². The van der Waals surface area contributed by atoms with Gasteiger partial charge in [0.15, 0.2) is 0 Å². The Morgan fingerprint density at radius 3 is 1.85 bits per heavy atom. The molecule has 1 heterocycles. The zero-order valence-electron chi connectivity index (χ0n) is 7.56. The van der Waals surface area contributed by atoms with Gasteiger partial charge in [-0.3, -0.25) is 0 Å². The van der Waals surface area contributed by atoms with Gasteiger partial charge in [0.25, 0.3) is 0 Å². The molecule has 6 nitrogen and oxygen atoms in total. The maximum Gasteiger partial charge on any atom is 0.226 e. The van der Waals surface area contributed by atoms with E-state index in [1.807, 2.05) is 21.5 Å². The number of rotatable bonds is 4. The predicted molar refractivity (Wildman–Crippen MR) is 50.3 cm³/mol. The molecular formula is C7H16N6. The van der Waals surface area contributed by atoms with E-state index in [9.17, 15) is 0 Å². The molecule has 0 saturated heterocycles. The maximum atomic E-state index is 5.43. The van der Waals surface area contributed by atoms with Gasteiger partial charge < -0.3 is 26.4 Å². The summed E-state index contributed by atoms with van der Waals surface area (Å²) in [4.78, 5) is 0. The van der Waals surface area contributed by atoms with E-state index in [0.29, 0.717) is 31.8 Å². The lowest BCUT2D eigenvalue weighted by atomic mass is 10.6. The van der Waals surface area contributed by atoms with Crippen LogP contribution in [-0.2, 0) is 13.1 Å². The number of nitrogens with two attached hydrogens (primary N) is 3. The van der Waals surface area contributed by atoms with Crippen LogP contribution in [-0.4, -0.2) is 22.2 Å². The molecule has 0 bridgehead atoms.